The Labute approximate surface area is 134 Å². The van der Waals surface area contributed by atoms with Crippen LogP contribution in [0.1, 0.15) is 23.7 Å². The van der Waals surface area contributed by atoms with Gasteiger partial charge in [-0.25, -0.2) is 4.98 Å². The van der Waals surface area contributed by atoms with Crippen LogP contribution < -0.4 is 10.6 Å². The van der Waals surface area contributed by atoms with E-state index < -0.39 is 0 Å². The Morgan fingerprint density at radius 3 is 2.83 bits per heavy atom. The van der Waals surface area contributed by atoms with Crippen LogP contribution in [0.4, 0.5) is 11.8 Å². The molecule has 0 amide bonds. The molecule has 0 fully saturated rings. The molecular formula is C17H19N5O. The molecule has 0 atom stereocenters. The Kier molecular flexibility index (Phi) is 4.23. The summed E-state index contributed by atoms with van der Waals surface area (Å²) in [7, 11) is 1.80. The molecule has 6 nitrogen and oxygen atoms in total. The standard InChI is InChI=1S/C17H19N5O/c1-3-7-19-16-14-5-4-13(22-8-6-12(10-22)11-23)9-15(14)20-17(18-2)21-16/h4-6,8-11H,3,7H2,1-2H3,(H2,18,19,20,21). The second kappa shape index (κ2) is 6.48. The van der Waals surface area contributed by atoms with Gasteiger partial charge in [0.25, 0.3) is 0 Å². The van der Waals surface area contributed by atoms with Crippen molar-refractivity contribution < 1.29 is 4.79 Å². The number of hydrogen-bond acceptors (Lipinski definition) is 5. The molecule has 1 aromatic carbocycles. The Morgan fingerprint density at radius 2 is 2.13 bits per heavy atom. The predicted octanol–water partition coefficient (Wildman–Crippen LogP) is 3.10. The van der Waals surface area contributed by atoms with E-state index in [-0.39, 0.29) is 0 Å². The maximum absolute atomic E-state index is 10.8. The number of carbonyl (C=O) groups excluding carboxylic acids is 1. The summed E-state index contributed by atoms with van der Waals surface area (Å²) in [5.74, 6) is 1.41. The van der Waals surface area contributed by atoms with E-state index in [0.717, 1.165) is 41.7 Å². The van der Waals surface area contributed by atoms with Crippen LogP contribution in [0.2, 0.25) is 0 Å². The molecule has 118 valence electrons. The molecule has 23 heavy (non-hydrogen) atoms. The van der Waals surface area contributed by atoms with Gasteiger partial charge in [-0.1, -0.05) is 6.92 Å². The molecule has 3 aromatic rings. The number of nitrogens with one attached hydrogen (secondary N) is 2. The predicted molar refractivity (Wildman–Crippen MR) is 92.6 cm³/mol. The van der Waals surface area contributed by atoms with E-state index in [9.17, 15) is 4.79 Å². The number of aldehydes is 1. The third kappa shape index (κ3) is 3.01. The number of benzene rings is 1. The van der Waals surface area contributed by atoms with E-state index in [1.54, 1.807) is 19.3 Å². The molecule has 0 radical (unpaired) electrons. The second-order valence-corrected chi connectivity index (χ2v) is 5.24. The number of nitrogens with zero attached hydrogens (tertiary/aromatic N) is 3. The highest BCUT2D eigenvalue weighted by Crippen LogP contribution is 2.24. The van der Waals surface area contributed by atoms with E-state index >= 15 is 0 Å². The number of rotatable bonds is 6. The van der Waals surface area contributed by atoms with Crippen LogP contribution in [-0.4, -0.2) is 34.4 Å². The number of fused-ring (bicyclic) bond motifs is 1. The first-order valence-corrected chi connectivity index (χ1v) is 7.62. The monoisotopic (exact) mass is 309 g/mol. The Morgan fingerprint density at radius 1 is 1.26 bits per heavy atom. The summed E-state index contributed by atoms with van der Waals surface area (Å²) in [4.78, 5) is 19.9. The van der Waals surface area contributed by atoms with Gasteiger partial charge in [0.05, 0.1) is 5.52 Å². The van der Waals surface area contributed by atoms with Crippen molar-refractivity contribution in [1.29, 1.82) is 0 Å². The van der Waals surface area contributed by atoms with Crippen molar-refractivity contribution in [2.45, 2.75) is 13.3 Å². The van der Waals surface area contributed by atoms with Crippen LogP contribution in [0.15, 0.2) is 36.7 Å². The lowest BCUT2D eigenvalue weighted by Gasteiger charge is -2.11. The van der Waals surface area contributed by atoms with Crippen molar-refractivity contribution in [2.75, 3.05) is 24.2 Å². The first-order chi connectivity index (χ1) is 11.2. The minimum absolute atomic E-state index is 0.578. The summed E-state index contributed by atoms with van der Waals surface area (Å²) in [6.45, 7) is 2.97. The van der Waals surface area contributed by atoms with Gasteiger partial charge in [0, 0.05) is 42.6 Å². The highest BCUT2D eigenvalue weighted by Gasteiger charge is 2.08. The fourth-order valence-corrected chi connectivity index (χ4v) is 2.41. The molecule has 2 aromatic heterocycles. The molecule has 0 spiro atoms. The highest BCUT2D eigenvalue weighted by atomic mass is 16.1. The summed E-state index contributed by atoms with van der Waals surface area (Å²) >= 11 is 0. The smallest absolute Gasteiger partial charge is 0.224 e. The van der Waals surface area contributed by atoms with Gasteiger partial charge < -0.3 is 15.2 Å². The van der Waals surface area contributed by atoms with E-state index in [2.05, 4.69) is 27.5 Å². The van der Waals surface area contributed by atoms with E-state index in [4.69, 9.17) is 0 Å². The number of aromatic nitrogens is 3. The third-order valence-corrected chi connectivity index (χ3v) is 3.60. The van der Waals surface area contributed by atoms with Crippen LogP contribution >= 0.6 is 0 Å². The van der Waals surface area contributed by atoms with Gasteiger partial charge in [0.2, 0.25) is 5.95 Å². The lowest BCUT2D eigenvalue weighted by atomic mass is 10.2. The average molecular weight is 309 g/mol. The van der Waals surface area contributed by atoms with Crippen molar-refractivity contribution in [2.24, 2.45) is 0 Å². The van der Waals surface area contributed by atoms with Gasteiger partial charge in [-0.05, 0) is 30.7 Å². The zero-order valence-corrected chi connectivity index (χ0v) is 13.2. The molecule has 0 bridgehead atoms. The molecule has 2 heterocycles. The van der Waals surface area contributed by atoms with Crippen molar-refractivity contribution in [1.82, 2.24) is 14.5 Å². The SMILES string of the molecule is CCCNc1nc(NC)nc2cc(-n3ccc(C=O)c3)ccc12. The van der Waals surface area contributed by atoms with E-state index in [1.165, 1.54) is 0 Å². The highest BCUT2D eigenvalue weighted by molar-refractivity contribution is 5.91. The largest absolute Gasteiger partial charge is 0.369 e. The van der Waals surface area contributed by atoms with Gasteiger partial charge in [0.15, 0.2) is 6.29 Å². The first-order valence-electron chi connectivity index (χ1n) is 7.62. The second-order valence-electron chi connectivity index (χ2n) is 5.24. The van der Waals surface area contributed by atoms with Crippen LogP contribution in [0.5, 0.6) is 0 Å². The van der Waals surface area contributed by atoms with Gasteiger partial charge in [-0.2, -0.15) is 4.98 Å². The van der Waals surface area contributed by atoms with E-state index in [0.29, 0.717) is 11.5 Å². The molecule has 6 heteroatoms. The zero-order valence-electron chi connectivity index (χ0n) is 13.2. The summed E-state index contributed by atoms with van der Waals surface area (Å²) in [5.41, 5.74) is 2.45. The Hall–Kier alpha value is -2.89. The van der Waals surface area contributed by atoms with Crippen LogP contribution in [0.25, 0.3) is 16.6 Å². The van der Waals surface area contributed by atoms with Crippen LogP contribution in [0, 0.1) is 0 Å². The minimum Gasteiger partial charge on any atom is -0.369 e. The van der Waals surface area contributed by atoms with Gasteiger partial charge in [-0.3, -0.25) is 4.79 Å². The van der Waals surface area contributed by atoms with Gasteiger partial charge >= 0.3 is 0 Å². The summed E-state index contributed by atoms with van der Waals surface area (Å²) in [6.07, 6.45) is 5.52. The fraction of sp³-hybridized carbons (Fsp3) is 0.235. The molecule has 0 unspecified atom stereocenters. The summed E-state index contributed by atoms with van der Waals surface area (Å²) in [6, 6.07) is 7.77. The maximum atomic E-state index is 10.8. The molecular weight excluding hydrogens is 290 g/mol. The number of carbonyl (C=O) groups is 1. The summed E-state index contributed by atoms with van der Waals surface area (Å²) in [5, 5.41) is 7.31. The lowest BCUT2D eigenvalue weighted by Crippen LogP contribution is -2.06. The number of hydrogen-bond donors (Lipinski definition) is 2. The van der Waals surface area contributed by atoms with E-state index in [1.807, 2.05) is 29.0 Å². The quantitative estimate of drug-likeness (QED) is 0.685. The number of anilines is 2. The lowest BCUT2D eigenvalue weighted by molar-refractivity contribution is 0.112. The van der Waals surface area contributed by atoms with Crippen molar-refractivity contribution in [3.05, 3.63) is 42.2 Å². The van der Waals surface area contributed by atoms with Gasteiger partial charge in [-0.15, -0.1) is 0 Å². The third-order valence-electron chi connectivity index (χ3n) is 3.60. The topological polar surface area (TPSA) is 71.8 Å². The van der Waals surface area contributed by atoms with Crippen molar-refractivity contribution in [3.63, 3.8) is 0 Å². The zero-order chi connectivity index (χ0) is 16.2. The van der Waals surface area contributed by atoms with Crippen molar-refractivity contribution >= 4 is 29.0 Å². The fourth-order valence-electron chi connectivity index (χ4n) is 2.41. The van der Waals surface area contributed by atoms with Crippen LogP contribution in [-0.2, 0) is 0 Å². The molecule has 2 N–H and O–H groups in total. The molecule has 0 aliphatic carbocycles. The first kappa shape index (κ1) is 15.0. The molecule has 3 rings (SSSR count). The molecule has 0 aliphatic heterocycles. The maximum Gasteiger partial charge on any atom is 0.224 e. The Balaban J connectivity index is 2.08. The minimum atomic E-state index is 0.578. The summed E-state index contributed by atoms with van der Waals surface area (Å²) < 4.78 is 1.91. The Bertz CT molecular complexity index is 840. The molecule has 0 saturated carbocycles. The van der Waals surface area contributed by atoms with Crippen LogP contribution in [0.3, 0.4) is 0 Å². The molecule has 0 aliphatic rings. The van der Waals surface area contributed by atoms with Crippen molar-refractivity contribution in [3.8, 4) is 5.69 Å². The molecule has 0 saturated heterocycles. The van der Waals surface area contributed by atoms with Gasteiger partial charge in [0.1, 0.15) is 5.82 Å². The average Bonchev–Trinajstić information content (AvgIpc) is 3.08. The normalized spacial score (nSPS) is 10.7.